The average molecular weight is 190 g/mol. The van der Waals surface area contributed by atoms with E-state index in [9.17, 15) is 0 Å². The standard InChI is InChI=1S/C9H10N4O/c14-5-8-10-9-4-3-7(6-1-2-6)11-13(9)12-8/h3-4,6,14H,1-2,5H2. The van der Waals surface area contributed by atoms with Crippen LogP contribution in [0.15, 0.2) is 12.1 Å². The summed E-state index contributed by atoms with van der Waals surface area (Å²) in [7, 11) is 0. The molecule has 5 heteroatoms. The Kier molecular flexibility index (Phi) is 1.55. The minimum Gasteiger partial charge on any atom is -0.388 e. The highest BCUT2D eigenvalue weighted by Crippen LogP contribution is 2.38. The molecule has 2 aromatic rings. The van der Waals surface area contributed by atoms with Crippen molar-refractivity contribution in [1.82, 2.24) is 19.8 Å². The molecule has 1 fully saturated rings. The van der Waals surface area contributed by atoms with Crippen molar-refractivity contribution in [2.24, 2.45) is 0 Å². The van der Waals surface area contributed by atoms with E-state index in [4.69, 9.17) is 5.11 Å². The van der Waals surface area contributed by atoms with Crippen molar-refractivity contribution in [1.29, 1.82) is 0 Å². The molecule has 14 heavy (non-hydrogen) atoms. The number of aromatic nitrogens is 4. The first kappa shape index (κ1) is 7.87. The normalized spacial score (nSPS) is 16.4. The second-order valence-electron chi connectivity index (χ2n) is 3.57. The van der Waals surface area contributed by atoms with Gasteiger partial charge in [-0.1, -0.05) is 0 Å². The van der Waals surface area contributed by atoms with E-state index < -0.39 is 0 Å². The first-order valence-corrected chi connectivity index (χ1v) is 4.70. The Morgan fingerprint density at radius 1 is 1.36 bits per heavy atom. The van der Waals surface area contributed by atoms with Gasteiger partial charge in [0.05, 0.1) is 5.69 Å². The quantitative estimate of drug-likeness (QED) is 0.748. The van der Waals surface area contributed by atoms with Crippen molar-refractivity contribution in [3.05, 3.63) is 23.7 Å². The van der Waals surface area contributed by atoms with E-state index in [2.05, 4.69) is 15.2 Å². The smallest absolute Gasteiger partial charge is 0.178 e. The van der Waals surface area contributed by atoms with Crippen molar-refractivity contribution in [2.45, 2.75) is 25.4 Å². The number of hydrogen-bond donors (Lipinski definition) is 1. The Bertz CT molecular complexity index is 475. The molecular weight excluding hydrogens is 180 g/mol. The van der Waals surface area contributed by atoms with Crippen LogP contribution in [0, 0.1) is 0 Å². The predicted molar refractivity (Wildman–Crippen MR) is 48.7 cm³/mol. The van der Waals surface area contributed by atoms with E-state index in [0.717, 1.165) is 5.69 Å². The van der Waals surface area contributed by atoms with Crippen molar-refractivity contribution in [3.8, 4) is 0 Å². The van der Waals surface area contributed by atoms with E-state index in [1.54, 1.807) is 0 Å². The molecule has 2 aromatic heterocycles. The van der Waals surface area contributed by atoms with Crippen LogP contribution in [0.1, 0.15) is 30.3 Å². The van der Waals surface area contributed by atoms with Gasteiger partial charge in [-0.05, 0) is 25.0 Å². The van der Waals surface area contributed by atoms with Gasteiger partial charge in [-0.15, -0.1) is 9.73 Å². The Balaban J connectivity index is 2.12. The maximum absolute atomic E-state index is 8.86. The zero-order chi connectivity index (χ0) is 9.54. The third-order valence-electron chi connectivity index (χ3n) is 2.41. The fourth-order valence-corrected chi connectivity index (χ4v) is 1.50. The maximum atomic E-state index is 8.86. The Morgan fingerprint density at radius 2 is 2.21 bits per heavy atom. The van der Waals surface area contributed by atoms with Gasteiger partial charge >= 0.3 is 0 Å². The van der Waals surface area contributed by atoms with Crippen molar-refractivity contribution in [2.75, 3.05) is 0 Å². The van der Waals surface area contributed by atoms with Gasteiger partial charge in [-0.3, -0.25) is 0 Å². The van der Waals surface area contributed by atoms with E-state index in [1.165, 1.54) is 17.5 Å². The summed E-state index contributed by atoms with van der Waals surface area (Å²) in [5, 5.41) is 17.2. The third kappa shape index (κ3) is 1.17. The van der Waals surface area contributed by atoms with E-state index in [0.29, 0.717) is 17.4 Å². The molecule has 0 aromatic carbocycles. The summed E-state index contributed by atoms with van der Waals surface area (Å²) in [6, 6.07) is 3.88. The molecule has 1 N–H and O–H groups in total. The molecule has 5 nitrogen and oxygen atoms in total. The SMILES string of the molecule is OCc1nc2ccc(C3CC3)nn2n1. The molecule has 0 atom stereocenters. The summed E-state index contributed by atoms with van der Waals surface area (Å²) in [5.41, 5.74) is 1.77. The second kappa shape index (κ2) is 2.75. The van der Waals surface area contributed by atoms with Gasteiger partial charge in [-0.2, -0.15) is 5.10 Å². The first-order valence-electron chi connectivity index (χ1n) is 4.70. The summed E-state index contributed by atoms with van der Waals surface area (Å²) in [6.07, 6.45) is 2.44. The summed E-state index contributed by atoms with van der Waals surface area (Å²) in [6.45, 7) is -0.137. The topological polar surface area (TPSA) is 63.3 Å². The molecular formula is C9H10N4O. The number of nitrogens with zero attached hydrogens (tertiary/aromatic N) is 4. The van der Waals surface area contributed by atoms with Crippen LogP contribution in [0.3, 0.4) is 0 Å². The van der Waals surface area contributed by atoms with Crippen LogP contribution in [0.5, 0.6) is 0 Å². The van der Waals surface area contributed by atoms with Gasteiger partial charge in [0.1, 0.15) is 6.61 Å². The molecule has 1 aliphatic carbocycles. The Labute approximate surface area is 80.4 Å². The molecule has 1 saturated carbocycles. The number of aliphatic hydroxyl groups excluding tert-OH is 1. The molecule has 0 saturated heterocycles. The summed E-state index contributed by atoms with van der Waals surface area (Å²) < 4.78 is 1.50. The van der Waals surface area contributed by atoms with Crippen LogP contribution in [0.25, 0.3) is 5.65 Å². The number of rotatable bonds is 2. The number of aliphatic hydroxyl groups is 1. The van der Waals surface area contributed by atoms with Crippen LogP contribution in [-0.4, -0.2) is 24.9 Å². The van der Waals surface area contributed by atoms with Crippen LogP contribution in [0.4, 0.5) is 0 Å². The minimum absolute atomic E-state index is 0.137. The number of fused-ring (bicyclic) bond motifs is 1. The van der Waals surface area contributed by atoms with Gasteiger partial charge in [0, 0.05) is 5.92 Å². The Morgan fingerprint density at radius 3 is 2.93 bits per heavy atom. The Hall–Kier alpha value is -1.49. The molecule has 72 valence electrons. The summed E-state index contributed by atoms with van der Waals surface area (Å²) in [5.74, 6) is 1.03. The highest BCUT2D eigenvalue weighted by Gasteiger charge is 2.25. The van der Waals surface area contributed by atoms with Crippen LogP contribution in [-0.2, 0) is 6.61 Å². The van der Waals surface area contributed by atoms with Gasteiger partial charge in [0.15, 0.2) is 11.5 Å². The van der Waals surface area contributed by atoms with Gasteiger partial charge < -0.3 is 5.11 Å². The highest BCUT2D eigenvalue weighted by molar-refractivity contribution is 5.36. The lowest BCUT2D eigenvalue weighted by Crippen LogP contribution is -1.98. The lowest BCUT2D eigenvalue weighted by atomic mass is 10.3. The molecule has 3 rings (SSSR count). The molecule has 0 amide bonds. The van der Waals surface area contributed by atoms with Crippen molar-refractivity contribution >= 4 is 5.65 Å². The van der Waals surface area contributed by atoms with Crippen molar-refractivity contribution < 1.29 is 5.11 Å². The zero-order valence-electron chi connectivity index (χ0n) is 7.59. The molecule has 0 aliphatic heterocycles. The highest BCUT2D eigenvalue weighted by atomic mass is 16.3. The molecule has 0 bridgehead atoms. The monoisotopic (exact) mass is 190 g/mol. The van der Waals surface area contributed by atoms with Crippen LogP contribution >= 0.6 is 0 Å². The average Bonchev–Trinajstić information content (AvgIpc) is 2.97. The fourth-order valence-electron chi connectivity index (χ4n) is 1.50. The third-order valence-corrected chi connectivity index (χ3v) is 2.41. The predicted octanol–water partition coefficient (Wildman–Crippen LogP) is 0.494. The molecule has 0 radical (unpaired) electrons. The molecule has 0 unspecified atom stereocenters. The molecule has 0 spiro atoms. The van der Waals surface area contributed by atoms with Crippen LogP contribution in [0.2, 0.25) is 0 Å². The van der Waals surface area contributed by atoms with Gasteiger partial charge in [0.25, 0.3) is 0 Å². The molecule has 2 heterocycles. The summed E-state index contributed by atoms with van der Waals surface area (Å²) in [4.78, 5) is 4.09. The lowest BCUT2D eigenvalue weighted by Gasteiger charge is -1.95. The van der Waals surface area contributed by atoms with Crippen molar-refractivity contribution in [3.63, 3.8) is 0 Å². The van der Waals surface area contributed by atoms with Gasteiger partial charge in [-0.25, -0.2) is 4.98 Å². The maximum Gasteiger partial charge on any atom is 0.178 e. The number of hydrogen-bond acceptors (Lipinski definition) is 4. The first-order chi connectivity index (χ1) is 6.86. The van der Waals surface area contributed by atoms with Crippen LogP contribution < -0.4 is 0 Å². The second-order valence-corrected chi connectivity index (χ2v) is 3.57. The summed E-state index contributed by atoms with van der Waals surface area (Å²) >= 11 is 0. The zero-order valence-corrected chi connectivity index (χ0v) is 7.59. The fraction of sp³-hybridized carbons (Fsp3) is 0.444. The van der Waals surface area contributed by atoms with Gasteiger partial charge in [0.2, 0.25) is 0 Å². The van der Waals surface area contributed by atoms with E-state index in [-0.39, 0.29) is 6.61 Å². The molecule has 1 aliphatic rings. The van der Waals surface area contributed by atoms with E-state index in [1.807, 2.05) is 12.1 Å². The largest absolute Gasteiger partial charge is 0.388 e. The van der Waals surface area contributed by atoms with E-state index >= 15 is 0 Å². The minimum atomic E-state index is -0.137. The lowest BCUT2D eigenvalue weighted by molar-refractivity contribution is 0.271.